The van der Waals surface area contributed by atoms with Crippen LogP contribution in [0, 0.1) is 0 Å². The average molecular weight is 290 g/mol. The molecule has 1 aliphatic rings. The van der Waals surface area contributed by atoms with Crippen molar-refractivity contribution in [3.63, 3.8) is 0 Å². The van der Waals surface area contributed by atoms with Crippen LogP contribution >= 0.6 is 0 Å². The fraction of sp³-hybridized carbons (Fsp3) is 0.667. The highest BCUT2D eigenvalue weighted by Crippen LogP contribution is 2.19. The van der Waals surface area contributed by atoms with Crippen LogP contribution in [0.2, 0.25) is 0 Å². The second kappa shape index (κ2) is 8.40. The van der Waals surface area contributed by atoms with E-state index in [0.29, 0.717) is 12.1 Å². The largest absolute Gasteiger partial charge is 0.494 e. The van der Waals surface area contributed by atoms with Crippen molar-refractivity contribution in [1.82, 2.24) is 10.2 Å². The average Bonchev–Trinajstić information content (AvgIpc) is 2.51. The number of likely N-dealkylation sites (N-methyl/N-ethyl adjacent to an activating group) is 1. The summed E-state index contributed by atoms with van der Waals surface area (Å²) < 4.78 is 5.90. The van der Waals surface area contributed by atoms with Gasteiger partial charge in [0, 0.05) is 12.1 Å². The number of ether oxygens (including phenoxy) is 1. The van der Waals surface area contributed by atoms with Crippen molar-refractivity contribution in [3.05, 3.63) is 29.8 Å². The van der Waals surface area contributed by atoms with Crippen LogP contribution in [-0.2, 0) is 6.42 Å². The summed E-state index contributed by atoms with van der Waals surface area (Å²) in [7, 11) is 4.24. The normalized spacial score (nSPS) is 21.2. The van der Waals surface area contributed by atoms with Gasteiger partial charge >= 0.3 is 0 Å². The standard InChI is InChI=1S/C18H30N2O/c1-15(19-2)14-16-7-9-18(10-8-16)21-13-11-17-6-4-5-12-20(17)3/h7-10,15,17,19H,4-6,11-14H2,1-3H3. The molecule has 0 aromatic heterocycles. The zero-order valence-corrected chi connectivity index (χ0v) is 13.8. The van der Waals surface area contributed by atoms with E-state index in [0.717, 1.165) is 25.2 Å². The lowest BCUT2D eigenvalue weighted by atomic mass is 10.0. The van der Waals surface area contributed by atoms with Crippen LogP contribution in [0.5, 0.6) is 5.75 Å². The summed E-state index contributed by atoms with van der Waals surface area (Å²) in [6, 6.07) is 9.77. The SMILES string of the molecule is CNC(C)Cc1ccc(OCCC2CCCCN2C)cc1. The third kappa shape index (κ3) is 5.33. The van der Waals surface area contributed by atoms with Gasteiger partial charge in [0.1, 0.15) is 5.75 Å². The highest BCUT2D eigenvalue weighted by Gasteiger charge is 2.18. The molecule has 1 fully saturated rings. The molecular weight excluding hydrogens is 260 g/mol. The third-order valence-electron chi connectivity index (χ3n) is 4.60. The quantitative estimate of drug-likeness (QED) is 0.835. The van der Waals surface area contributed by atoms with Crippen LogP contribution in [0.3, 0.4) is 0 Å². The van der Waals surface area contributed by atoms with Gasteiger partial charge in [-0.15, -0.1) is 0 Å². The van der Waals surface area contributed by atoms with Crippen molar-refractivity contribution >= 4 is 0 Å². The second-order valence-corrected chi connectivity index (χ2v) is 6.31. The Morgan fingerprint density at radius 3 is 2.71 bits per heavy atom. The maximum atomic E-state index is 5.90. The Hall–Kier alpha value is -1.06. The smallest absolute Gasteiger partial charge is 0.119 e. The van der Waals surface area contributed by atoms with Crippen LogP contribution < -0.4 is 10.1 Å². The molecule has 2 rings (SSSR count). The van der Waals surface area contributed by atoms with Crippen LogP contribution in [0.15, 0.2) is 24.3 Å². The number of benzene rings is 1. The Morgan fingerprint density at radius 1 is 1.29 bits per heavy atom. The van der Waals surface area contributed by atoms with Gasteiger partial charge in [-0.1, -0.05) is 18.6 Å². The molecule has 0 aliphatic carbocycles. The summed E-state index contributed by atoms with van der Waals surface area (Å²) in [5.41, 5.74) is 1.36. The van der Waals surface area contributed by atoms with Gasteiger partial charge in [-0.25, -0.2) is 0 Å². The molecule has 1 N–H and O–H groups in total. The van der Waals surface area contributed by atoms with Gasteiger partial charge in [0.15, 0.2) is 0 Å². The highest BCUT2D eigenvalue weighted by molar-refractivity contribution is 5.27. The molecule has 1 aromatic carbocycles. The maximum absolute atomic E-state index is 5.90. The van der Waals surface area contributed by atoms with Crippen LogP contribution in [-0.4, -0.2) is 44.2 Å². The van der Waals surface area contributed by atoms with Crippen molar-refractivity contribution in [2.45, 2.75) is 51.1 Å². The van der Waals surface area contributed by atoms with E-state index in [-0.39, 0.29) is 0 Å². The Morgan fingerprint density at radius 2 is 2.05 bits per heavy atom. The van der Waals surface area contributed by atoms with Crippen molar-refractivity contribution in [1.29, 1.82) is 0 Å². The number of nitrogens with zero attached hydrogens (tertiary/aromatic N) is 1. The minimum atomic E-state index is 0.513. The molecule has 0 spiro atoms. The molecule has 0 radical (unpaired) electrons. The zero-order valence-electron chi connectivity index (χ0n) is 13.8. The number of piperidine rings is 1. The molecule has 118 valence electrons. The lowest BCUT2D eigenvalue weighted by Crippen LogP contribution is -2.37. The van der Waals surface area contributed by atoms with Gasteiger partial charge in [0.2, 0.25) is 0 Å². The molecule has 21 heavy (non-hydrogen) atoms. The van der Waals surface area contributed by atoms with Crippen molar-refractivity contribution in [3.8, 4) is 5.75 Å². The summed E-state index contributed by atoms with van der Waals surface area (Å²) >= 11 is 0. The molecule has 1 aromatic rings. The second-order valence-electron chi connectivity index (χ2n) is 6.31. The van der Waals surface area contributed by atoms with Crippen LogP contribution in [0.4, 0.5) is 0 Å². The first kappa shape index (κ1) is 16.3. The molecule has 2 unspecified atom stereocenters. The van der Waals surface area contributed by atoms with E-state index >= 15 is 0 Å². The molecule has 1 heterocycles. The molecule has 1 saturated heterocycles. The van der Waals surface area contributed by atoms with Gasteiger partial charge in [-0.05, 0) is 70.9 Å². The Bertz CT molecular complexity index is 404. The van der Waals surface area contributed by atoms with E-state index in [1.54, 1.807) is 0 Å². The summed E-state index contributed by atoms with van der Waals surface area (Å²) in [5, 5.41) is 3.27. The lowest BCUT2D eigenvalue weighted by molar-refractivity contribution is 0.153. The molecular formula is C18H30N2O. The zero-order chi connectivity index (χ0) is 15.1. The lowest BCUT2D eigenvalue weighted by Gasteiger charge is -2.32. The minimum Gasteiger partial charge on any atom is -0.494 e. The Kier molecular flexibility index (Phi) is 6.52. The first-order chi connectivity index (χ1) is 10.2. The number of rotatable bonds is 7. The van der Waals surface area contributed by atoms with E-state index in [1.165, 1.54) is 31.4 Å². The fourth-order valence-corrected chi connectivity index (χ4v) is 3.00. The van der Waals surface area contributed by atoms with Gasteiger partial charge in [-0.3, -0.25) is 0 Å². The molecule has 0 saturated carbocycles. The van der Waals surface area contributed by atoms with Gasteiger partial charge < -0.3 is 15.0 Å². The van der Waals surface area contributed by atoms with E-state index in [9.17, 15) is 0 Å². The van der Waals surface area contributed by atoms with Crippen molar-refractivity contribution in [2.24, 2.45) is 0 Å². The summed E-state index contributed by atoms with van der Waals surface area (Å²) in [5.74, 6) is 0.995. The van der Waals surface area contributed by atoms with E-state index in [2.05, 4.69) is 48.5 Å². The summed E-state index contributed by atoms with van der Waals surface area (Å²) in [4.78, 5) is 2.48. The van der Waals surface area contributed by atoms with Crippen LogP contribution in [0.1, 0.15) is 38.2 Å². The molecule has 3 heteroatoms. The first-order valence-electron chi connectivity index (χ1n) is 8.28. The molecule has 0 amide bonds. The molecule has 3 nitrogen and oxygen atoms in total. The third-order valence-corrected chi connectivity index (χ3v) is 4.60. The first-order valence-corrected chi connectivity index (χ1v) is 8.28. The number of hydrogen-bond acceptors (Lipinski definition) is 3. The fourth-order valence-electron chi connectivity index (χ4n) is 3.00. The highest BCUT2D eigenvalue weighted by atomic mass is 16.5. The summed E-state index contributed by atoms with van der Waals surface area (Å²) in [6.07, 6.45) is 6.23. The molecule has 1 aliphatic heterocycles. The number of hydrogen-bond donors (Lipinski definition) is 1. The van der Waals surface area contributed by atoms with E-state index in [1.807, 2.05) is 7.05 Å². The van der Waals surface area contributed by atoms with E-state index < -0.39 is 0 Å². The van der Waals surface area contributed by atoms with Crippen molar-refractivity contribution < 1.29 is 4.74 Å². The topological polar surface area (TPSA) is 24.5 Å². The van der Waals surface area contributed by atoms with Gasteiger partial charge in [0.05, 0.1) is 6.61 Å². The predicted octanol–water partition coefficient (Wildman–Crippen LogP) is 3.09. The van der Waals surface area contributed by atoms with Crippen molar-refractivity contribution in [2.75, 3.05) is 27.2 Å². The Balaban J connectivity index is 1.73. The van der Waals surface area contributed by atoms with Gasteiger partial charge in [-0.2, -0.15) is 0 Å². The molecule has 0 bridgehead atoms. The van der Waals surface area contributed by atoms with E-state index in [4.69, 9.17) is 4.74 Å². The molecule has 2 atom stereocenters. The van der Waals surface area contributed by atoms with Gasteiger partial charge in [0.25, 0.3) is 0 Å². The van der Waals surface area contributed by atoms with Crippen LogP contribution in [0.25, 0.3) is 0 Å². The monoisotopic (exact) mass is 290 g/mol. The minimum absolute atomic E-state index is 0.513. The predicted molar refractivity (Wildman–Crippen MR) is 89.0 cm³/mol. The summed E-state index contributed by atoms with van der Waals surface area (Å²) in [6.45, 7) is 4.26. The Labute approximate surface area is 129 Å². The maximum Gasteiger partial charge on any atom is 0.119 e. The number of nitrogens with one attached hydrogen (secondary N) is 1. The number of likely N-dealkylation sites (tertiary alicyclic amines) is 1.